The molecule has 0 saturated heterocycles. The van der Waals surface area contributed by atoms with E-state index in [-0.39, 0.29) is 0 Å². The van der Waals surface area contributed by atoms with Gasteiger partial charge in [-0.2, -0.15) is 0 Å². The molecule has 0 aliphatic carbocycles. The topological polar surface area (TPSA) is 77.8 Å². The summed E-state index contributed by atoms with van der Waals surface area (Å²) in [5, 5.41) is 3.33. The Labute approximate surface area is 121 Å². The Morgan fingerprint density at radius 3 is 2.90 bits per heavy atom. The van der Waals surface area contributed by atoms with Crippen LogP contribution in [0.2, 0.25) is 0 Å². The second kappa shape index (κ2) is 5.56. The summed E-state index contributed by atoms with van der Waals surface area (Å²) in [7, 11) is 0. The average molecular weight is 284 g/mol. The fourth-order valence-corrected chi connectivity index (χ4v) is 3.15. The molecule has 0 saturated carbocycles. The van der Waals surface area contributed by atoms with E-state index < -0.39 is 0 Å². The molecule has 4 nitrogen and oxygen atoms in total. The molecule has 3 rings (SSSR count). The fraction of sp³-hybridized carbons (Fsp3) is 0.200. The smallest absolute Gasteiger partial charge is 0.145 e. The summed E-state index contributed by atoms with van der Waals surface area (Å²) in [6, 6.07) is 8.31. The van der Waals surface area contributed by atoms with E-state index in [1.165, 1.54) is 10.1 Å². The molecule has 2 aromatic heterocycles. The lowest BCUT2D eigenvalue weighted by atomic mass is 10.1. The molecule has 0 fully saturated rings. The number of nitrogen functional groups attached to an aromatic ring is 1. The van der Waals surface area contributed by atoms with Crippen molar-refractivity contribution in [1.82, 2.24) is 9.97 Å². The summed E-state index contributed by atoms with van der Waals surface area (Å²) in [4.78, 5) is 8.94. The third-order valence-electron chi connectivity index (χ3n) is 3.25. The lowest BCUT2D eigenvalue weighted by molar-refractivity contribution is 0.809. The van der Waals surface area contributed by atoms with Crippen molar-refractivity contribution >= 4 is 27.2 Å². The van der Waals surface area contributed by atoms with Crippen LogP contribution in [0.4, 0.5) is 5.82 Å². The van der Waals surface area contributed by atoms with Gasteiger partial charge in [0.1, 0.15) is 5.82 Å². The number of rotatable bonds is 4. The Hall–Kier alpha value is -1.98. The van der Waals surface area contributed by atoms with Crippen LogP contribution >= 0.6 is 11.3 Å². The summed E-state index contributed by atoms with van der Waals surface area (Å²) in [5.74, 6) is 0.502. The van der Waals surface area contributed by atoms with Crippen molar-refractivity contribution in [3.05, 3.63) is 41.5 Å². The first kappa shape index (κ1) is 13.0. The van der Waals surface area contributed by atoms with Crippen LogP contribution in [0, 0.1) is 0 Å². The summed E-state index contributed by atoms with van der Waals surface area (Å²) in [6.07, 6.45) is 3.38. The molecular formula is C15H16N4S. The van der Waals surface area contributed by atoms with E-state index in [4.69, 9.17) is 11.5 Å². The number of benzene rings is 1. The first-order chi connectivity index (χ1) is 9.79. The van der Waals surface area contributed by atoms with E-state index in [0.717, 1.165) is 29.8 Å². The number of aryl methyl sites for hydroxylation is 1. The van der Waals surface area contributed by atoms with Crippen molar-refractivity contribution < 1.29 is 0 Å². The molecule has 0 unspecified atom stereocenters. The number of thiophene rings is 1. The van der Waals surface area contributed by atoms with Gasteiger partial charge in [-0.15, -0.1) is 11.3 Å². The molecular weight excluding hydrogens is 268 g/mol. The maximum Gasteiger partial charge on any atom is 0.145 e. The molecule has 0 aliphatic rings. The minimum absolute atomic E-state index is 0.502. The SMILES string of the molecule is NCCCc1nc(-c2csc3ccccc23)cnc1N. The van der Waals surface area contributed by atoms with Crippen molar-refractivity contribution in [3.8, 4) is 11.3 Å². The lowest BCUT2D eigenvalue weighted by Crippen LogP contribution is -2.06. The van der Waals surface area contributed by atoms with Gasteiger partial charge in [-0.1, -0.05) is 18.2 Å². The molecule has 102 valence electrons. The molecule has 3 aromatic rings. The van der Waals surface area contributed by atoms with Gasteiger partial charge in [-0.25, -0.2) is 9.97 Å². The second-order valence-electron chi connectivity index (χ2n) is 4.62. The van der Waals surface area contributed by atoms with Crippen molar-refractivity contribution in [3.63, 3.8) is 0 Å². The number of nitrogens with zero attached hydrogens (tertiary/aromatic N) is 2. The van der Waals surface area contributed by atoms with E-state index in [0.29, 0.717) is 12.4 Å². The predicted octanol–water partition coefficient (Wildman–Crippen LogP) is 2.83. The Morgan fingerprint density at radius 1 is 1.20 bits per heavy atom. The molecule has 4 N–H and O–H groups in total. The van der Waals surface area contributed by atoms with Crippen molar-refractivity contribution in [2.24, 2.45) is 5.73 Å². The number of fused-ring (bicyclic) bond motifs is 1. The molecule has 0 aliphatic heterocycles. The number of nitrogens with two attached hydrogens (primary N) is 2. The Kier molecular flexibility index (Phi) is 3.62. The predicted molar refractivity (Wildman–Crippen MR) is 84.6 cm³/mol. The van der Waals surface area contributed by atoms with Crippen LogP contribution in [0.5, 0.6) is 0 Å². The van der Waals surface area contributed by atoms with Crippen LogP contribution < -0.4 is 11.5 Å². The Balaban J connectivity index is 2.05. The van der Waals surface area contributed by atoms with Crippen LogP contribution in [-0.4, -0.2) is 16.5 Å². The highest BCUT2D eigenvalue weighted by molar-refractivity contribution is 7.17. The summed E-state index contributed by atoms with van der Waals surface area (Å²) >= 11 is 1.72. The highest BCUT2D eigenvalue weighted by Crippen LogP contribution is 2.32. The molecule has 20 heavy (non-hydrogen) atoms. The minimum Gasteiger partial charge on any atom is -0.382 e. The second-order valence-corrected chi connectivity index (χ2v) is 5.54. The summed E-state index contributed by atoms with van der Waals surface area (Å²) < 4.78 is 1.25. The maximum absolute atomic E-state index is 5.88. The number of hydrogen-bond donors (Lipinski definition) is 2. The molecule has 0 atom stereocenters. The van der Waals surface area contributed by atoms with E-state index in [2.05, 4.69) is 27.5 Å². The largest absolute Gasteiger partial charge is 0.382 e. The first-order valence-electron chi connectivity index (χ1n) is 6.57. The summed E-state index contributed by atoms with van der Waals surface area (Å²) in [5.41, 5.74) is 14.3. The highest BCUT2D eigenvalue weighted by Gasteiger charge is 2.10. The number of aromatic nitrogens is 2. The highest BCUT2D eigenvalue weighted by atomic mass is 32.1. The Bertz CT molecular complexity index is 736. The van der Waals surface area contributed by atoms with Gasteiger partial charge in [0.15, 0.2) is 0 Å². The molecule has 2 heterocycles. The number of anilines is 1. The van der Waals surface area contributed by atoms with Gasteiger partial charge >= 0.3 is 0 Å². The van der Waals surface area contributed by atoms with E-state index >= 15 is 0 Å². The van der Waals surface area contributed by atoms with Crippen LogP contribution in [0.3, 0.4) is 0 Å². The minimum atomic E-state index is 0.502. The fourth-order valence-electron chi connectivity index (χ4n) is 2.20. The van der Waals surface area contributed by atoms with Gasteiger partial charge in [-0.3, -0.25) is 0 Å². The zero-order valence-corrected chi connectivity index (χ0v) is 11.9. The monoisotopic (exact) mass is 284 g/mol. The van der Waals surface area contributed by atoms with E-state index in [1.807, 2.05) is 12.1 Å². The molecule has 5 heteroatoms. The van der Waals surface area contributed by atoms with Crippen molar-refractivity contribution in [2.45, 2.75) is 12.8 Å². The Morgan fingerprint density at radius 2 is 2.05 bits per heavy atom. The summed E-state index contributed by atoms with van der Waals surface area (Å²) in [6.45, 7) is 0.632. The average Bonchev–Trinajstić information content (AvgIpc) is 2.90. The van der Waals surface area contributed by atoms with Gasteiger partial charge in [0.25, 0.3) is 0 Å². The van der Waals surface area contributed by atoms with E-state index in [1.54, 1.807) is 17.5 Å². The third kappa shape index (κ3) is 2.37. The molecule has 0 spiro atoms. The molecule has 0 radical (unpaired) electrons. The van der Waals surface area contributed by atoms with Crippen LogP contribution in [0.25, 0.3) is 21.3 Å². The lowest BCUT2D eigenvalue weighted by Gasteiger charge is -2.06. The molecule has 1 aromatic carbocycles. The van der Waals surface area contributed by atoms with Crippen LogP contribution in [0.15, 0.2) is 35.8 Å². The molecule has 0 bridgehead atoms. The first-order valence-corrected chi connectivity index (χ1v) is 7.45. The maximum atomic E-state index is 5.88. The van der Waals surface area contributed by atoms with Crippen LogP contribution in [-0.2, 0) is 6.42 Å². The van der Waals surface area contributed by atoms with E-state index in [9.17, 15) is 0 Å². The normalized spacial score (nSPS) is 11.1. The quantitative estimate of drug-likeness (QED) is 0.772. The molecule has 0 amide bonds. The van der Waals surface area contributed by atoms with Gasteiger partial charge < -0.3 is 11.5 Å². The van der Waals surface area contributed by atoms with Gasteiger partial charge in [0, 0.05) is 21.0 Å². The zero-order chi connectivity index (χ0) is 13.9. The standard InChI is InChI=1S/C15H16N4S/c16-7-3-5-12-15(17)18-8-13(19-12)11-9-20-14-6-2-1-4-10(11)14/h1-2,4,6,8-9H,3,5,7,16H2,(H2,17,18). The van der Waals surface area contributed by atoms with Crippen LogP contribution in [0.1, 0.15) is 12.1 Å². The van der Waals surface area contributed by atoms with Gasteiger partial charge in [-0.05, 0) is 25.5 Å². The van der Waals surface area contributed by atoms with Crippen molar-refractivity contribution in [2.75, 3.05) is 12.3 Å². The number of hydrogen-bond acceptors (Lipinski definition) is 5. The third-order valence-corrected chi connectivity index (χ3v) is 4.22. The van der Waals surface area contributed by atoms with Gasteiger partial charge in [0.2, 0.25) is 0 Å². The van der Waals surface area contributed by atoms with Gasteiger partial charge in [0.05, 0.1) is 17.6 Å². The van der Waals surface area contributed by atoms with Crippen molar-refractivity contribution in [1.29, 1.82) is 0 Å². The zero-order valence-electron chi connectivity index (χ0n) is 11.0.